The van der Waals surface area contributed by atoms with E-state index in [1.165, 1.54) is 69.9 Å². The Morgan fingerprint density at radius 1 is 0.857 bits per heavy atom. The molecule has 0 bridgehead atoms. The van der Waals surface area contributed by atoms with Crippen LogP contribution in [0.1, 0.15) is 116 Å². The molecular weight excluding hydrogens is 378 g/mol. The Kier molecular flexibility index (Phi) is 15.5. The summed E-state index contributed by atoms with van der Waals surface area (Å²) in [6.07, 6.45) is 14.8. The third-order valence-electron chi connectivity index (χ3n) is 5.71. The Bertz CT molecular complexity index is 473. The second-order valence-electron chi connectivity index (χ2n) is 9.51. The maximum atomic E-state index is 6.22. The Hall–Kier alpha value is -0.193. The van der Waals surface area contributed by atoms with E-state index in [2.05, 4.69) is 60.0 Å². The van der Waals surface area contributed by atoms with Gasteiger partial charge in [0, 0.05) is 5.38 Å². The van der Waals surface area contributed by atoms with Crippen LogP contribution in [0.15, 0.2) is 5.38 Å². The van der Waals surface area contributed by atoms with E-state index < -0.39 is 8.32 Å². The number of aromatic nitrogens is 1. The molecule has 1 aromatic rings. The standard InChI is InChI=1S/C16H31NOSSi.C8H18/c1-7-8-9-10-11-14-13-19-15(17-14)12-18-20(5,6)16(2,3)4;1-3-5-7-8-6-4-2/h13H,7-12H2,1-6H3;3-8H2,1-2H3. The number of aryl methyl sites for hydroxylation is 1. The fourth-order valence-electron chi connectivity index (χ4n) is 2.58. The molecule has 0 aliphatic rings. The maximum absolute atomic E-state index is 6.22. The SMILES string of the molecule is CCCCCCCC.CCCCCCc1csc(CO[Si](C)(C)C(C)(C)C)n1. The van der Waals surface area contributed by atoms with Gasteiger partial charge in [-0.05, 0) is 31.0 Å². The average Bonchev–Trinajstić information content (AvgIpc) is 3.08. The van der Waals surface area contributed by atoms with Crippen LogP contribution in [-0.4, -0.2) is 13.3 Å². The van der Waals surface area contributed by atoms with Crippen molar-refractivity contribution in [2.24, 2.45) is 0 Å². The first-order valence-electron chi connectivity index (χ1n) is 11.7. The van der Waals surface area contributed by atoms with Crippen molar-refractivity contribution in [2.75, 3.05) is 0 Å². The molecule has 0 spiro atoms. The number of rotatable bonds is 13. The van der Waals surface area contributed by atoms with Crippen LogP contribution in [0.4, 0.5) is 0 Å². The molecule has 1 aromatic heterocycles. The molecule has 166 valence electrons. The van der Waals surface area contributed by atoms with Gasteiger partial charge < -0.3 is 4.43 Å². The third-order valence-corrected chi connectivity index (χ3v) is 11.1. The van der Waals surface area contributed by atoms with Crippen molar-refractivity contribution in [2.45, 2.75) is 137 Å². The van der Waals surface area contributed by atoms with Crippen molar-refractivity contribution in [3.8, 4) is 0 Å². The van der Waals surface area contributed by atoms with Crippen molar-refractivity contribution in [3.05, 3.63) is 16.1 Å². The molecule has 2 nitrogen and oxygen atoms in total. The minimum atomic E-state index is -1.65. The van der Waals surface area contributed by atoms with E-state index in [0.29, 0.717) is 6.61 Å². The van der Waals surface area contributed by atoms with Gasteiger partial charge in [0.05, 0.1) is 12.3 Å². The van der Waals surface area contributed by atoms with Gasteiger partial charge >= 0.3 is 0 Å². The van der Waals surface area contributed by atoms with Crippen LogP contribution in [0.5, 0.6) is 0 Å². The third kappa shape index (κ3) is 13.1. The highest BCUT2D eigenvalue weighted by atomic mass is 32.1. The number of thiazole rings is 1. The summed E-state index contributed by atoms with van der Waals surface area (Å²) < 4.78 is 6.22. The lowest BCUT2D eigenvalue weighted by molar-refractivity contribution is 0.275. The molecule has 0 radical (unpaired) electrons. The second kappa shape index (κ2) is 15.6. The Morgan fingerprint density at radius 2 is 1.36 bits per heavy atom. The summed E-state index contributed by atoms with van der Waals surface area (Å²) in [5, 5.41) is 3.61. The van der Waals surface area contributed by atoms with Gasteiger partial charge in [-0.25, -0.2) is 4.98 Å². The summed E-state index contributed by atoms with van der Waals surface area (Å²) in [6, 6.07) is 0. The summed E-state index contributed by atoms with van der Waals surface area (Å²) in [5.41, 5.74) is 1.25. The van der Waals surface area contributed by atoms with Crippen molar-refractivity contribution < 1.29 is 4.43 Å². The molecule has 0 fully saturated rings. The Labute approximate surface area is 182 Å². The second-order valence-corrected chi connectivity index (χ2v) is 15.3. The topological polar surface area (TPSA) is 22.1 Å². The molecule has 0 aromatic carbocycles. The molecule has 0 aliphatic heterocycles. The van der Waals surface area contributed by atoms with Gasteiger partial charge in [0.25, 0.3) is 0 Å². The van der Waals surface area contributed by atoms with E-state index in [0.717, 1.165) is 11.4 Å². The molecule has 28 heavy (non-hydrogen) atoms. The minimum Gasteiger partial charge on any atom is -0.410 e. The number of unbranched alkanes of at least 4 members (excludes halogenated alkanes) is 8. The van der Waals surface area contributed by atoms with Crippen molar-refractivity contribution in [1.82, 2.24) is 4.98 Å². The molecule has 0 amide bonds. The van der Waals surface area contributed by atoms with Crippen molar-refractivity contribution in [3.63, 3.8) is 0 Å². The number of hydrogen-bond donors (Lipinski definition) is 0. The van der Waals surface area contributed by atoms with E-state index in [1.807, 2.05) is 0 Å². The first-order valence-corrected chi connectivity index (χ1v) is 15.5. The van der Waals surface area contributed by atoms with Gasteiger partial charge in [0.15, 0.2) is 8.32 Å². The average molecular weight is 428 g/mol. The normalized spacial score (nSPS) is 12.0. The van der Waals surface area contributed by atoms with E-state index in [-0.39, 0.29) is 5.04 Å². The van der Waals surface area contributed by atoms with Gasteiger partial charge in [0.2, 0.25) is 0 Å². The summed E-state index contributed by atoms with van der Waals surface area (Å²) in [7, 11) is -1.65. The molecule has 0 aliphatic carbocycles. The fraction of sp³-hybridized carbons (Fsp3) is 0.875. The lowest BCUT2D eigenvalue weighted by Crippen LogP contribution is -2.40. The van der Waals surface area contributed by atoms with Crippen LogP contribution in [0, 0.1) is 0 Å². The predicted octanol–water partition coefficient (Wildman–Crippen LogP) is 9.15. The van der Waals surface area contributed by atoms with Gasteiger partial charge in [-0.2, -0.15) is 0 Å². The van der Waals surface area contributed by atoms with Gasteiger partial charge in [-0.3, -0.25) is 0 Å². The smallest absolute Gasteiger partial charge is 0.192 e. The van der Waals surface area contributed by atoms with Crippen LogP contribution < -0.4 is 0 Å². The fourth-order valence-corrected chi connectivity index (χ4v) is 4.35. The van der Waals surface area contributed by atoms with Gasteiger partial charge in [0.1, 0.15) is 5.01 Å². The molecule has 4 heteroatoms. The van der Waals surface area contributed by atoms with Gasteiger partial charge in [-0.1, -0.05) is 99.3 Å². The van der Waals surface area contributed by atoms with Crippen molar-refractivity contribution in [1.29, 1.82) is 0 Å². The van der Waals surface area contributed by atoms with Gasteiger partial charge in [-0.15, -0.1) is 11.3 Å². The molecule has 0 atom stereocenters. The molecule has 1 rings (SSSR count). The Balaban J connectivity index is 0.000000769. The number of hydrogen-bond acceptors (Lipinski definition) is 3. The summed E-state index contributed by atoms with van der Waals surface area (Å²) in [5.74, 6) is 0. The van der Waals surface area contributed by atoms with E-state index >= 15 is 0 Å². The summed E-state index contributed by atoms with van der Waals surface area (Å²) in [6.45, 7) is 18.9. The lowest BCUT2D eigenvalue weighted by Gasteiger charge is -2.35. The van der Waals surface area contributed by atoms with Crippen LogP contribution in [0.2, 0.25) is 18.1 Å². The zero-order valence-corrected chi connectivity index (χ0v) is 22.1. The zero-order chi connectivity index (χ0) is 21.5. The highest BCUT2D eigenvalue weighted by Crippen LogP contribution is 2.37. The lowest BCUT2D eigenvalue weighted by atomic mass is 10.1. The highest BCUT2D eigenvalue weighted by Gasteiger charge is 2.37. The van der Waals surface area contributed by atoms with Crippen LogP contribution in [0.25, 0.3) is 0 Å². The molecule has 0 unspecified atom stereocenters. The zero-order valence-electron chi connectivity index (χ0n) is 20.3. The largest absolute Gasteiger partial charge is 0.410 e. The predicted molar refractivity (Wildman–Crippen MR) is 131 cm³/mol. The monoisotopic (exact) mass is 427 g/mol. The molecular formula is C24H49NOSSi. The highest BCUT2D eigenvalue weighted by molar-refractivity contribution is 7.09. The van der Waals surface area contributed by atoms with Crippen LogP contribution >= 0.6 is 11.3 Å². The van der Waals surface area contributed by atoms with E-state index in [1.54, 1.807) is 11.3 Å². The van der Waals surface area contributed by atoms with Crippen LogP contribution in [0.3, 0.4) is 0 Å². The Morgan fingerprint density at radius 3 is 1.82 bits per heavy atom. The minimum absolute atomic E-state index is 0.271. The summed E-state index contributed by atoms with van der Waals surface area (Å²) in [4.78, 5) is 4.71. The van der Waals surface area contributed by atoms with E-state index in [4.69, 9.17) is 9.41 Å². The maximum Gasteiger partial charge on any atom is 0.192 e. The molecule has 0 saturated heterocycles. The first kappa shape index (κ1) is 27.8. The number of nitrogens with zero attached hydrogens (tertiary/aromatic N) is 1. The molecule has 0 saturated carbocycles. The molecule has 1 heterocycles. The van der Waals surface area contributed by atoms with Crippen LogP contribution in [-0.2, 0) is 17.5 Å². The van der Waals surface area contributed by atoms with Crippen molar-refractivity contribution >= 4 is 19.7 Å². The van der Waals surface area contributed by atoms with E-state index in [9.17, 15) is 0 Å². The quantitative estimate of drug-likeness (QED) is 0.231. The summed E-state index contributed by atoms with van der Waals surface area (Å²) >= 11 is 1.75. The molecule has 0 N–H and O–H groups in total. The first-order chi connectivity index (χ1) is 13.2.